The second kappa shape index (κ2) is 9.51. The first-order valence-electron chi connectivity index (χ1n) is 9.77. The number of ether oxygens (including phenoxy) is 1. The Kier molecular flexibility index (Phi) is 6.82. The predicted molar refractivity (Wildman–Crippen MR) is 107 cm³/mol. The number of carbonyl (C=O) groups is 1. The Morgan fingerprint density at radius 1 is 1.30 bits per heavy atom. The molecule has 5 heteroatoms. The lowest BCUT2D eigenvalue weighted by Gasteiger charge is -2.35. The van der Waals surface area contributed by atoms with Crippen molar-refractivity contribution in [1.29, 1.82) is 0 Å². The third-order valence-corrected chi connectivity index (χ3v) is 5.04. The minimum atomic E-state index is -0.137. The van der Waals surface area contributed by atoms with Crippen molar-refractivity contribution >= 4 is 5.91 Å². The van der Waals surface area contributed by atoms with E-state index in [2.05, 4.69) is 29.0 Å². The zero-order valence-electron chi connectivity index (χ0n) is 16.2. The Balaban J connectivity index is 1.51. The first kappa shape index (κ1) is 19.4. The van der Waals surface area contributed by atoms with Crippen LogP contribution < -0.4 is 10.1 Å². The monoisotopic (exact) mass is 367 g/mol. The van der Waals surface area contributed by atoms with Gasteiger partial charge in [0.25, 0.3) is 5.91 Å². The Bertz CT molecular complexity index is 733. The van der Waals surface area contributed by atoms with Gasteiger partial charge in [0.05, 0.1) is 0 Å². The minimum Gasteiger partial charge on any atom is -0.489 e. The van der Waals surface area contributed by atoms with Crippen LogP contribution in [-0.4, -0.2) is 41.5 Å². The Hall–Kier alpha value is -2.40. The molecule has 1 unspecified atom stereocenters. The maximum atomic E-state index is 12.5. The fourth-order valence-electron chi connectivity index (χ4n) is 3.43. The molecule has 1 aromatic carbocycles. The van der Waals surface area contributed by atoms with E-state index in [0.717, 1.165) is 25.1 Å². The van der Waals surface area contributed by atoms with Crippen molar-refractivity contribution in [2.75, 3.05) is 19.6 Å². The van der Waals surface area contributed by atoms with Gasteiger partial charge < -0.3 is 15.0 Å². The predicted octanol–water partition coefficient (Wildman–Crippen LogP) is 3.51. The van der Waals surface area contributed by atoms with Gasteiger partial charge in [-0.25, -0.2) is 0 Å². The molecule has 2 aromatic rings. The van der Waals surface area contributed by atoms with Crippen molar-refractivity contribution < 1.29 is 9.53 Å². The Morgan fingerprint density at radius 2 is 2.11 bits per heavy atom. The van der Waals surface area contributed by atoms with Gasteiger partial charge in [0.15, 0.2) is 0 Å². The van der Waals surface area contributed by atoms with Gasteiger partial charge in [-0.2, -0.15) is 0 Å². The average Bonchev–Trinajstić information content (AvgIpc) is 2.71. The van der Waals surface area contributed by atoms with Crippen molar-refractivity contribution in [2.24, 2.45) is 5.92 Å². The number of carbonyl (C=O) groups excluding carboxylic acids is 1. The summed E-state index contributed by atoms with van der Waals surface area (Å²) in [6.45, 7) is 7.82. The highest BCUT2D eigenvalue weighted by atomic mass is 16.5. The molecule has 2 heterocycles. The molecular weight excluding hydrogens is 338 g/mol. The third-order valence-electron chi connectivity index (χ3n) is 5.04. The van der Waals surface area contributed by atoms with Crippen molar-refractivity contribution in [3.05, 3.63) is 59.9 Å². The van der Waals surface area contributed by atoms with Crippen LogP contribution >= 0.6 is 0 Å². The van der Waals surface area contributed by atoms with E-state index in [9.17, 15) is 4.79 Å². The van der Waals surface area contributed by atoms with Gasteiger partial charge in [-0.3, -0.25) is 9.78 Å². The number of pyridine rings is 1. The number of benzene rings is 1. The van der Waals surface area contributed by atoms with Gasteiger partial charge in [0.2, 0.25) is 0 Å². The van der Waals surface area contributed by atoms with E-state index in [1.54, 1.807) is 18.3 Å². The average molecular weight is 367 g/mol. The fourth-order valence-corrected chi connectivity index (χ4v) is 3.43. The van der Waals surface area contributed by atoms with Gasteiger partial charge in [0.1, 0.15) is 18.1 Å². The number of nitrogens with zero attached hydrogens (tertiary/aromatic N) is 2. The second-order valence-corrected chi connectivity index (χ2v) is 7.46. The summed E-state index contributed by atoms with van der Waals surface area (Å²) in [6.07, 6.45) is 3.98. The van der Waals surface area contributed by atoms with E-state index in [-0.39, 0.29) is 5.91 Å². The maximum absolute atomic E-state index is 12.5. The largest absolute Gasteiger partial charge is 0.489 e. The summed E-state index contributed by atoms with van der Waals surface area (Å²) in [7, 11) is 0. The van der Waals surface area contributed by atoms with Gasteiger partial charge >= 0.3 is 0 Å². The van der Waals surface area contributed by atoms with Crippen LogP contribution in [0.3, 0.4) is 0 Å². The molecular formula is C22H29N3O2. The van der Waals surface area contributed by atoms with Gasteiger partial charge in [-0.1, -0.05) is 30.3 Å². The first-order chi connectivity index (χ1) is 13.1. The highest BCUT2D eigenvalue weighted by Crippen LogP contribution is 2.18. The van der Waals surface area contributed by atoms with Gasteiger partial charge in [-0.15, -0.1) is 0 Å². The molecule has 0 saturated carbocycles. The summed E-state index contributed by atoms with van der Waals surface area (Å²) in [5, 5.41) is 3.05. The molecule has 0 spiro atoms. The van der Waals surface area contributed by atoms with Crippen LogP contribution in [0.5, 0.6) is 5.75 Å². The van der Waals surface area contributed by atoms with Crippen LogP contribution in [0.15, 0.2) is 48.7 Å². The molecule has 1 aromatic heterocycles. The number of likely N-dealkylation sites (tertiary alicyclic amines) is 1. The molecule has 1 atom stereocenters. The van der Waals surface area contributed by atoms with Crippen LogP contribution in [-0.2, 0) is 6.61 Å². The summed E-state index contributed by atoms with van der Waals surface area (Å²) < 4.78 is 5.79. The van der Waals surface area contributed by atoms with Crippen LogP contribution in [0.2, 0.25) is 0 Å². The summed E-state index contributed by atoms with van der Waals surface area (Å²) in [6, 6.07) is 14.0. The lowest BCUT2D eigenvalue weighted by molar-refractivity contribution is 0.0917. The topological polar surface area (TPSA) is 54.5 Å². The highest BCUT2D eigenvalue weighted by molar-refractivity contribution is 5.92. The van der Waals surface area contributed by atoms with E-state index < -0.39 is 0 Å². The number of nitrogens with one attached hydrogen (secondary N) is 1. The summed E-state index contributed by atoms with van der Waals surface area (Å²) in [5.41, 5.74) is 1.49. The van der Waals surface area contributed by atoms with Gasteiger partial charge in [0, 0.05) is 31.4 Å². The normalized spacial score (nSPS) is 17.7. The van der Waals surface area contributed by atoms with E-state index in [1.807, 2.05) is 30.3 Å². The van der Waals surface area contributed by atoms with E-state index in [4.69, 9.17) is 4.74 Å². The minimum absolute atomic E-state index is 0.137. The van der Waals surface area contributed by atoms with Crippen LogP contribution in [0.25, 0.3) is 0 Å². The molecule has 1 amide bonds. The first-order valence-corrected chi connectivity index (χ1v) is 9.77. The quantitative estimate of drug-likeness (QED) is 0.814. The lowest BCUT2D eigenvalue weighted by Crippen LogP contribution is -2.43. The van der Waals surface area contributed by atoms with Crippen LogP contribution in [0.4, 0.5) is 0 Å². The second-order valence-electron chi connectivity index (χ2n) is 7.46. The molecule has 27 heavy (non-hydrogen) atoms. The zero-order valence-corrected chi connectivity index (χ0v) is 16.2. The fraction of sp³-hybridized carbons (Fsp3) is 0.455. The molecule has 144 valence electrons. The molecule has 1 fully saturated rings. The molecule has 0 bridgehead atoms. The number of rotatable bonds is 7. The third kappa shape index (κ3) is 5.79. The molecule has 1 saturated heterocycles. The maximum Gasteiger partial charge on any atom is 0.270 e. The number of amides is 1. The summed E-state index contributed by atoms with van der Waals surface area (Å²) in [4.78, 5) is 19.2. The van der Waals surface area contributed by atoms with Crippen molar-refractivity contribution in [2.45, 2.75) is 39.3 Å². The van der Waals surface area contributed by atoms with Crippen molar-refractivity contribution in [1.82, 2.24) is 15.2 Å². The SMILES string of the molecule is CC(C)N1CCCC(CNC(=O)c2cc(OCc3ccccc3)ccn2)C1. The molecule has 1 aliphatic rings. The Morgan fingerprint density at radius 3 is 2.89 bits per heavy atom. The zero-order chi connectivity index (χ0) is 19.1. The van der Waals surface area contributed by atoms with E-state index >= 15 is 0 Å². The molecule has 1 N–H and O–H groups in total. The van der Waals surface area contributed by atoms with Crippen LogP contribution in [0, 0.1) is 5.92 Å². The van der Waals surface area contributed by atoms with Crippen molar-refractivity contribution in [3.63, 3.8) is 0 Å². The number of piperidine rings is 1. The molecule has 1 aliphatic heterocycles. The molecule has 0 radical (unpaired) electrons. The highest BCUT2D eigenvalue weighted by Gasteiger charge is 2.22. The smallest absolute Gasteiger partial charge is 0.270 e. The number of hydrogen-bond acceptors (Lipinski definition) is 4. The van der Waals surface area contributed by atoms with E-state index in [1.165, 1.54) is 6.42 Å². The van der Waals surface area contributed by atoms with Gasteiger partial charge in [-0.05, 0) is 50.8 Å². The van der Waals surface area contributed by atoms with E-state index in [0.29, 0.717) is 36.6 Å². The molecule has 0 aliphatic carbocycles. The molecule has 5 nitrogen and oxygen atoms in total. The molecule has 3 rings (SSSR count). The summed E-state index contributed by atoms with van der Waals surface area (Å²) >= 11 is 0. The standard InChI is InChI=1S/C22H29N3O2/c1-17(2)25-12-6-9-19(15-25)14-24-22(26)21-13-20(10-11-23-21)27-16-18-7-4-3-5-8-18/h3-5,7-8,10-11,13,17,19H,6,9,12,14-16H2,1-2H3,(H,24,26). The number of aromatic nitrogens is 1. The lowest BCUT2D eigenvalue weighted by atomic mass is 9.97. The summed E-state index contributed by atoms with van der Waals surface area (Å²) in [5.74, 6) is 1.02. The van der Waals surface area contributed by atoms with Crippen LogP contribution in [0.1, 0.15) is 42.7 Å². The number of hydrogen-bond donors (Lipinski definition) is 1. The Labute approximate surface area is 161 Å². The van der Waals surface area contributed by atoms with Crippen molar-refractivity contribution in [3.8, 4) is 5.75 Å².